The summed E-state index contributed by atoms with van der Waals surface area (Å²) in [5.41, 5.74) is 6.81. The SMILES string of the molecule is CC(=NNC(=O)c1ccc(NC(=O)c2ccccc2C)cc1)c1ccccc1. The van der Waals surface area contributed by atoms with Crippen LogP contribution < -0.4 is 10.7 Å². The lowest BCUT2D eigenvalue weighted by Crippen LogP contribution is -2.19. The number of nitrogens with zero attached hydrogens (tertiary/aromatic N) is 1. The number of hydrogen-bond donors (Lipinski definition) is 2. The largest absolute Gasteiger partial charge is 0.322 e. The number of nitrogens with one attached hydrogen (secondary N) is 2. The molecule has 0 bridgehead atoms. The van der Waals surface area contributed by atoms with E-state index in [1.807, 2.05) is 62.4 Å². The molecule has 5 heteroatoms. The summed E-state index contributed by atoms with van der Waals surface area (Å²) in [7, 11) is 0. The molecule has 0 heterocycles. The molecule has 5 nitrogen and oxygen atoms in total. The molecule has 3 rings (SSSR count). The molecule has 0 aliphatic rings. The van der Waals surface area contributed by atoms with Crippen LogP contribution in [0.1, 0.15) is 38.8 Å². The third kappa shape index (κ3) is 4.71. The summed E-state index contributed by atoms with van der Waals surface area (Å²) in [6, 6.07) is 23.7. The van der Waals surface area contributed by atoms with E-state index in [1.165, 1.54) is 0 Å². The first-order valence-corrected chi connectivity index (χ1v) is 8.91. The van der Waals surface area contributed by atoms with Gasteiger partial charge in [-0.15, -0.1) is 0 Å². The molecule has 0 unspecified atom stereocenters. The van der Waals surface area contributed by atoms with E-state index in [2.05, 4.69) is 15.8 Å². The van der Waals surface area contributed by atoms with Crippen molar-refractivity contribution in [2.75, 3.05) is 5.32 Å². The zero-order chi connectivity index (χ0) is 19.9. The number of carbonyl (C=O) groups excluding carboxylic acids is 2. The quantitative estimate of drug-likeness (QED) is 0.515. The number of amides is 2. The standard InChI is InChI=1S/C23H21N3O2/c1-16-8-6-7-11-21(16)23(28)24-20-14-12-19(13-15-20)22(27)26-25-17(2)18-9-4-3-5-10-18/h3-15H,1-2H3,(H,24,28)(H,26,27). The number of hydrogen-bond acceptors (Lipinski definition) is 3. The summed E-state index contributed by atoms with van der Waals surface area (Å²) in [4.78, 5) is 24.6. The predicted molar refractivity (Wildman–Crippen MR) is 112 cm³/mol. The van der Waals surface area contributed by atoms with Gasteiger partial charge in [-0.2, -0.15) is 5.10 Å². The van der Waals surface area contributed by atoms with Crippen LogP contribution in [-0.2, 0) is 0 Å². The maximum atomic E-state index is 12.4. The third-order valence-electron chi connectivity index (χ3n) is 4.31. The van der Waals surface area contributed by atoms with Gasteiger partial charge in [0.2, 0.25) is 0 Å². The summed E-state index contributed by atoms with van der Waals surface area (Å²) < 4.78 is 0. The van der Waals surface area contributed by atoms with E-state index in [-0.39, 0.29) is 11.8 Å². The maximum absolute atomic E-state index is 12.4. The van der Waals surface area contributed by atoms with Crippen molar-refractivity contribution in [2.45, 2.75) is 13.8 Å². The first-order chi connectivity index (χ1) is 13.5. The lowest BCUT2D eigenvalue weighted by Gasteiger charge is -2.08. The first-order valence-electron chi connectivity index (χ1n) is 8.91. The van der Waals surface area contributed by atoms with Crippen molar-refractivity contribution in [1.29, 1.82) is 0 Å². The average molecular weight is 371 g/mol. The van der Waals surface area contributed by atoms with Crippen LogP contribution in [0.15, 0.2) is 84.0 Å². The Labute approximate surface area is 164 Å². The molecule has 0 radical (unpaired) electrons. The number of anilines is 1. The minimum absolute atomic E-state index is 0.182. The van der Waals surface area contributed by atoms with Gasteiger partial charge in [-0.3, -0.25) is 9.59 Å². The summed E-state index contributed by atoms with van der Waals surface area (Å²) in [5, 5.41) is 6.98. The molecule has 0 saturated heterocycles. The highest BCUT2D eigenvalue weighted by atomic mass is 16.2. The number of carbonyl (C=O) groups is 2. The summed E-state index contributed by atoms with van der Waals surface area (Å²) in [5.74, 6) is -0.495. The maximum Gasteiger partial charge on any atom is 0.271 e. The van der Waals surface area contributed by atoms with Crippen molar-refractivity contribution < 1.29 is 9.59 Å². The van der Waals surface area contributed by atoms with E-state index in [0.29, 0.717) is 16.8 Å². The zero-order valence-electron chi connectivity index (χ0n) is 15.8. The van der Waals surface area contributed by atoms with Crippen LogP contribution in [0.3, 0.4) is 0 Å². The lowest BCUT2D eigenvalue weighted by molar-refractivity contribution is 0.0954. The second kappa shape index (κ2) is 8.77. The lowest BCUT2D eigenvalue weighted by atomic mass is 10.1. The van der Waals surface area contributed by atoms with E-state index in [9.17, 15) is 9.59 Å². The normalized spacial score (nSPS) is 11.0. The predicted octanol–water partition coefficient (Wildman–Crippen LogP) is 4.40. The van der Waals surface area contributed by atoms with E-state index in [4.69, 9.17) is 0 Å². The molecule has 0 spiro atoms. The molecule has 0 aliphatic heterocycles. The molecule has 2 amide bonds. The molecule has 2 N–H and O–H groups in total. The minimum atomic E-state index is -0.313. The van der Waals surface area contributed by atoms with Gasteiger partial charge in [-0.05, 0) is 55.3 Å². The number of rotatable bonds is 5. The Kier molecular flexibility index (Phi) is 5.97. The zero-order valence-corrected chi connectivity index (χ0v) is 15.8. The second-order valence-electron chi connectivity index (χ2n) is 6.35. The summed E-state index contributed by atoms with van der Waals surface area (Å²) >= 11 is 0. The molecule has 28 heavy (non-hydrogen) atoms. The Morgan fingerprint density at radius 2 is 1.39 bits per heavy atom. The Morgan fingerprint density at radius 3 is 2.07 bits per heavy atom. The van der Waals surface area contributed by atoms with Gasteiger partial charge < -0.3 is 5.32 Å². The van der Waals surface area contributed by atoms with Crippen molar-refractivity contribution in [3.05, 3.63) is 101 Å². The molecule has 0 fully saturated rings. The van der Waals surface area contributed by atoms with E-state index in [1.54, 1.807) is 30.3 Å². The molecule has 3 aromatic carbocycles. The van der Waals surface area contributed by atoms with Crippen LogP contribution in [0.2, 0.25) is 0 Å². The van der Waals surface area contributed by atoms with Crippen LogP contribution in [0.5, 0.6) is 0 Å². The number of aryl methyl sites for hydroxylation is 1. The summed E-state index contributed by atoms with van der Waals surface area (Å²) in [6.45, 7) is 3.72. The van der Waals surface area contributed by atoms with Gasteiger partial charge >= 0.3 is 0 Å². The highest BCUT2D eigenvalue weighted by Gasteiger charge is 2.10. The molecule has 0 saturated carbocycles. The van der Waals surface area contributed by atoms with Crippen molar-refractivity contribution in [2.24, 2.45) is 5.10 Å². The smallest absolute Gasteiger partial charge is 0.271 e. The first kappa shape index (κ1) is 19.0. The highest BCUT2D eigenvalue weighted by molar-refractivity contribution is 6.05. The van der Waals surface area contributed by atoms with E-state index in [0.717, 1.165) is 16.8 Å². The van der Waals surface area contributed by atoms with Gasteiger partial charge in [0.25, 0.3) is 11.8 Å². The van der Waals surface area contributed by atoms with Crippen LogP contribution in [0.4, 0.5) is 5.69 Å². The van der Waals surface area contributed by atoms with Crippen LogP contribution >= 0.6 is 0 Å². The number of hydrazone groups is 1. The molecule has 140 valence electrons. The molecule has 3 aromatic rings. The molecule has 0 atom stereocenters. The fourth-order valence-electron chi connectivity index (χ4n) is 2.67. The van der Waals surface area contributed by atoms with Gasteiger partial charge in [0, 0.05) is 16.8 Å². The Morgan fingerprint density at radius 1 is 0.750 bits per heavy atom. The fourth-order valence-corrected chi connectivity index (χ4v) is 2.67. The minimum Gasteiger partial charge on any atom is -0.322 e. The topological polar surface area (TPSA) is 70.6 Å². The van der Waals surface area contributed by atoms with Crippen LogP contribution in [-0.4, -0.2) is 17.5 Å². The van der Waals surface area contributed by atoms with Crippen molar-refractivity contribution in [1.82, 2.24) is 5.43 Å². The van der Waals surface area contributed by atoms with Crippen molar-refractivity contribution in [3.63, 3.8) is 0 Å². The third-order valence-corrected chi connectivity index (χ3v) is 4.31. The Balaban J connectivity index is 1.63. The average Bonchev–Trinajstić information content (AvgIpc) is 2.73. The monoisotopic (exact) mass is 371 g/mol. The van der Waals surface area contributed by atoms with Crippen LogP contribution in [0, 0.1) is 6.92 Å². The van der Waals surface area contributed by atoms with Crippen molar-refractivity contribution in [3.8, 4) is 0 Å². The van der Waals surface area contributed by atoms with Gasteiger partial charge in [0.1, 0.15) is 0 Å². The van der Waals surface area contributed by atoms with Gasteiger partial charge in [0.05, 0.1) is 5.71 Å². The number of benzene rings is 3. The fraction of sp³-hybridized carbons (Fsp3) is 0.0870. The molecule has 0 aromatic heterocycles. The highest BCUT2D eigenvalue weighted by Crippen LogP contribution is 2.13. The summed E-state index contributed by atoms with van der Waals surface area (Å²) in [6.07, 6.45) is 0. The molecular weight excluding hydrogens is 350 g/mol. The Hall–Kier alpha value is -3.73. The van der Waals surface area contributed by atoms with E-state index < -0.39 is 0 Å². The van der Waals surface area contributed by atoms with Crippen molar-refractivity contribution >= 4 is 23.2 Å². The van der Waals surface area contributed by atoms with Gasteiger partial charge in [-0.25, -0.2) is 5.43 Å². The van der Waals surface area contributed by atoms with E-state index >= 15 is 0 Å². The van der Waals surface area contributed by atoms with Gasteiger partial charge in [-0.1, -0.05) is 48.5 Å². The van der Waals surface area contributed by atoms with Crippen LogP contribution in [0.25, 0.3) is 0 Å². The van der Waals surface area contributed by atoms with Gasteiger partial charge in [0.15, 0.2) is 0 Å². The second-order valence-corrected chi connectivity index (χ2v) is 6.35. The Bertz CT molecular complexity index is 1010. The molecule has 0 aliphatic carbocycles. The molecular formula is C23H21N3O2.